The predicted octanol–water partition coefficient (Wildman–Crippen LogP) is 31.5. The number of esters is 8. The van der Waals surface area contributed by atoms with E-state index in [1.165, 1.54) is 82.3 Å². The predicted molar refractivity (Wildman–Crippen MR) is 501 cm³/mol. The summed E-state index contributed by atoms with van der Waals surface area (Å²) in [7, 11) is 0. The summed E-state index contributed by atoms with van der Waals surface area (Å²) in [5.74, 6) is -0.346. The highest BCUT2D eigenvalue weighted by Gasteiger charge is 2.58. The SMILES string of the molecule is CCC(C)(C(=O)OCC(F)(F)F)C(F)(F)F.CCC(C)(C)C(=O)OC(C)(C)C1CCC(C)CC1.CCC(C)(C)C(=O)OC(C)C(F)(F)F.CCC(C)(C)C(=O)OC(C)C(F)(F)F.CCC(C)(C)C(=O)OC12CC3CC(CC(C3)C1)C2.CCC(C)(C)C(=O)OC1CCC(C(C)(C)C)CC1.CCC(C)(C)C(=O)OCC(F)(F)F.CCC(C)C(=O)OC(C)C(F)(F)F.CCC(C)c1ccc(C(C)(C)C)cc1. The van der Waals surface area contributed by atoms with Gasteiger partial charge in [-0.05, 0) is 323 Å². The average Bonchev–Trinajstić information content (AvgIpc) is 0.743. The Morgan fingerprint density at radius 3 is 0.993 bits per heavy atom. The first kappa shape index (κ1) is 136. The van der Waals surface area contributed by atoms with E-state index >= 15 is 0 Å². The molecule has 0 radical (unpaired) electrons. The lowest BCUT2D eigenvalue weighted by molar-refractivity contribution is -0.240. The Balaban J connectivity index is -0.00000149. The molecule has 812 valence electrons. The van der Waals surface area contributed by atoms with Crippen LogP contribution in [0.2, 0.25) is 0 Å². The Bertz CT molecular complexity index is 3680. The van der Waals surface area contributed by atoms with Gasteiger partial charge in [0.15, 0.2) is 36.9 Å². The highest BCUT2D eigenvalue weighted by Crippen LogP contribution is 2.58. The van der Waals surface area contributed by atoms with Gasteiger partial charge in [0.25, 0.3) is 0 Å². The largest absolute Gasteiger partial charge is 0.462 e. The first-order chi connectivity index (χ1) is 61.9. The summed E-state index contributed by atoms with van der Waals surface area (Å²) in [5, 5.41) is 0. The molecule has 6 unspecified atom stereocenters. The smallest absolute Gasteiger partial charge is 0.425 e. The van der Waals surface area contributed by atoms with Gasteiger partial charge in [0.1, 0.15) is 17.3 Å². The Kier molecular flexibility index (Phi) is 54.8. The van der Waals surface area contributed by atoms with Gasteiger partial charge in [0, 0.05) is 0 Å². The molecule has 4 bridgehead atoms. The van der Waals surface area contributed by atoms with E-state index < -0.39 is 132 Å². The summed E-state index contributed by atoms with van der Waals surface area (Å²) in [5.41, 5.74) is -3.33. The summed E-state index contributed by atoms with van der Waals surface area (Å²) in [4.78, 5) is 91.9. The quantitative estimate of drug-likeness (QED) is 0.0455. The molecule has 6 aliphatic carbocycles. The Labute approximate surface area is 813 Å². The minimum atomic E-state index is -4.94. The average molecular weight is 2020 g/mol. The molecule has 0 amide bonds. The summed E-state index contributed by atoms with van der Waals surface area (Å²) < 4.78 is 253. The van der Waals surface area contributed by atoms with E-state index in [-0.39, 0.29) is 56.9 Å². The van der Waals surface area contributed by atoms with E-state index in [1.54, 1.807) is 69.2 Å². The third kappa shape index (κ3) is 49.3. The van der Waals surface area contributed by atoms with Crippen molar-refractivity contribution in [2.45, 2.75) is 481 Å². The minimum absolute atomic E-state index is 0.0239. The van der Waals surface area contributed by atoms with Gasteiger partial charge >= 0.3 is 84.8 Å². The zero-order valence-electron chi connectivity index (χ0n) is 89.8. The number of carbonyl (C=O) groups excluding carboxylic acids is 8. The van der Waals surface area contributed by atoms with Gasteiger partial charge in [0.2, 0.25) is 0 Å². The first-order valence-electron chi connectivity index (χ1n) is 49.0. The molecular weight excluding hydrogens is 1850 g/mol. The summed E-state index contributed by atoms with van der Waals surface area (Å²) in [6.45, 7) is 60.9. The summed E-state index contributed by atoms with van der Waals surface area (Å²) in [6, 6.07) is 9.08. The molecule has 34 heteroatoms. The van der Waals surface area contributed by atoms with Crippen LogP contribution in [0.15, 0.2) is 24.3 Å². The van der Waals surface area contributed by atoms with E-state index in [4.69, 9.17) is 14.2 Å². The zero-order chi connectivity index (χ0) is 109. The van der Waals surface area contributed by atoms with E-state index in [1.807, 2.05) is 55.4 Å². The third-order valence-electron chi connectivity index (χ3n) is 28.2. The van der Waals surface area contributed by atoms with E-state index in [9.17, 15) is 117 Å². The Hall–Kier alpha value is -6.28. The van der Waals surface area contributed by atoms with E-state index in [0.29, 0.717) is 49.9 Å². The minimum Gasteiger partial charge on any atom is -0.462 e. The number of carbonyl (C=O) groups is 8. The van der Waals surface area contributed by atoms with Crippen molar-refractivity contribution in [1.29, 1.82) is 0 Å². The van der Waals surface area contributed by atoms with E-state index in [2.05, 4.69) is 131 Å². The monoisotopic (exact) mass is 2020 g/mol. The van der Waals surface area contributed by atoms with Gasteiger partial charge in [-0.15, -0.1) is 0 Å². The third-order valence-corrected chi connectivity index (χ3v) is 28.2. The van der Waals surface area contributed by atoms with Gasteiger partial charge in [-0.3, -0.25) is 38.4 Å². The molecule has 0 heterocycles. The van der Waals surface area contributed by atoms with Crippen molar-refractivity contribution in [1.82, 2.24) is 0 Å². The van der Waals surface area contributed by atoms with Crippen LogP contribution in [0.5, 0.6) is 0 Å². The molecule has 7 rings (SSSR count). The van der Waals surface area contributed by atoms with Gasteiger partial charge in [0.05, 0.1) is 38.4 Å². The molecule has 1 aromatic rings. The van der Waals surface area contributed by atoms with Crippen molar-refractivity contribution in [3.05, 3.63) is 35.4 Å². The fraction of sp³-hybridized carbons (Fsp3) is 0.865. The van der Waals surface area contributed by atoms with Crippen molar-refractivity contribution < 1.29 is 155 Å². The topological polar surface area (TPSA) is 210 Å². The second-order valence-electron chi connectivity index (χ2n) is 45.0. The van der Waals surface area contributed by atoms with Crippen LogP contribution in [0, 0.1) is 84.7 Å². The first-order valence-corrected chi connectivity index (χ1v) is 49.0. The molecule has 6 saturated carbocycles. The lowest BCUT2D eigenvalue weighted by Crippen LogP contribution is -2.53. The van der Waals surface area contributed by atoms with Crippen LogP contribution in [0.1, 0.15) is 414 Å². The number of rotatable bonds is 27. The molecule has 0 N–H and O–H groups in total. The van der Waals surface area contributed by atoms with Crippen LogP contribution in [0.4, 0.5) is 79.0 Å². The van der Waals surface area contributed by atoms with Crippen molar-refractivity contribution in [2.75, 3.05) is 13.2 Å². The lowest BCUT2D eigenvalue weighted by atomic mass is 9.54. The highest BCUT2D eigenvalue weighted by molar-refractivity contribution is 5.79. The zero-order valence-corrected chi connectivity index (χ0v) is 89.8. The molecule has 6 fully saturated rings. The Morgan fingerprint density at radius 2 is 0.688 bits per heavy atom. The molecule has 0 spiro atoms. The summed E-state index contributed by atoms with van der Waals surface area (Å²) >= 11 is 0. The molecule has 0 aromatic heterocycles. The van der Waals surface area contributed by atoms with Crippen LogP contribution in [-0.2, 0) is 81.7 Å². The van der Waals surface area contributed by atoms with Crippen LogP contribution in [0.3, 0.4) is 0 Å². The number of halogens is 18. The maximum absolute atomic E-state index is 12.4. The van der Waals surface area contributed by atoms with Crippen molar-refractivity contribution in [2.24, 2.45) is 84.7 Å². The van der Waals surface area contributed by atoms with E-state index in [0.717, 1.165) is 109 Å². The number of hydrogen-bond donors (Lipinski definition) is 0. The van der Waals surface area contributed by atoms with Gasteiger partial charge in [-0.25, -0.2) is 0 Å². The highest BCUT2D eigenvalue weighted by atomic mass is 19.4. The van der Waals surface area contributed by atoms with Crippen molar-refractivity contribution in [3.63, 3.8) is 0 Å². The standard InChI is InChI=1S/C16H26O2.2C16H30O2.C14H22.2C9H15F3O2.C8H10F6O2.2C8H13F3O2/c1-4-15(2,3)14(17)18-16-8-11-5-12(9-16)7-13(6-11)10-16;1-7-16(5,6)14(17)18-13-10-8-12(9-11-13)15(2,3)4;1-7-15(3,4)14(17)18-16(5,6)13-10-8-12(2)9-11-13;1-6-11(2)12-7-9-13(10-8-12)14(3,4)5;2*1-5-8(3,4)7(13)14-6(2)9(10,11)12;1-3-6(2,8(12,13)14)5(15)16-4-7(9,10)11;1-4-7(2,3)6(12)13-5-8(9,10)11;1-4-5(2)7(12)13-6(3)8(9,10)11/h11-13H,4-10H2,1-3H3;2*12-13H,7-11H2,1-6H3;7-11H,6H2,1-5H3;2*6H,5H2,1-4H3;3-4H2,1-2H3;4-5H2,1-3H3;5-6H,4H2,1-3H3. The molecule has 1 aromatic carbocycles. The maximum atomic E-state index is 12.4. The maximum Gasteiger partial charge on any atom is 0.425 e. The number of hydrogen-bond acceptors (Lipinski definition) is 16. The molecule has 6 aliphatic rings. The normalized spacial score (nSPS) is 21.4. The fourth-order valence-electron chi connectivity index (χ4n) is 14.1. The van der Waals surface area contributed by atoms with Crippen molar-refractivity contribution in [3.8, 4) is 0 Å². The van der Waals surface area contributed by atoms with Gasteiger partial charge in [-0.1, -0.05) is 162 Å². The molecule has 6 atom stereocenters. The fourth-order valence-corrected chi connectivity index (χ4v) is 14.1. The summed E-state index contributed by atoms with van der Waals surface area (Å²) in [6.07, 6.45) is -11.8. The van der Waals surface area contributed by atoms with Crippen LogP contribution in [0.25, 0.3) is 0 Å². The van der Waals surface area contributed by atoms with Crippen molar-refractivity contribution >= 4 is 47.8 Å². The Morgan fingerprint density at radius 1 is 0.370 bits per heavy atom. The van der Waals surface area contributed by atoms with Crippen LogP contribution in [-0.4, -0.2) is 134 Å². The van der Waals surface area contributed by atoms with Gasteiger partial charge in [-0.2, -0.15) is 79.0 Å². The van der Waals surface area contributed by atoms with Crippen LogP contribution >= 0.6 is 0 Å². The molecule has 138 heavy (non-hydrogen) atoms. The van der Waals surface area contributed by atoms with Gasteiger partial charge < -0.3 is 37.9 Å². The molecular formula is C104H174F18O16. The molecule has 0 aliphatic heterocycles. The van der Waals surface area contributed by atoms with Crippen LogP contribution < -0.4 is 0 Å². The number of benzene rings is 1. The molecule has 16 nitrogen and oxygen atoms in total. The second-order valence-corrected chi connectivity index (χ2v) is 45.0. The lowest BCUT2D eigenvalue weighted by Gasteiger charge is -2.56. The number of alkyl halides is 18. The second kappa shape index (κ2) is 55.7. The molecule has 0 saturated heterocycles. The number of ether oxygens (including phenoxy) is 8.